The summed E-state index contributed by atoms with van der Waals surface area (Å²) in [7, 11) is 0. The Morgan fingerprint density at radius 2 is 2.47 bits per heavy atom. The predicted molar refractivity (Wildman–Crippen MR) is 56.9 cm³/mol. The monoisotopic (exact) mass is 256 g/mol. The van der Waals surface area contributed by atoms with Gasteiger partial charge >= 0.3 is 11.9 Å². The molecule has 0 aliphatic heterocycles. The second-order valence-electron chi connectivity index (χ2n) is 3.54. The van der Waals surface area contributed by atoms with Crippen LogP contribution in [0.15, 0.2) is 16.9 Å². The summed E-state index contributed by atoms with van der Waals surface area (Å²) >= 11 is 5.72. The molecule has 2 aromatic heterocycles. The van der Waals surface area contributed by atoms with Crippen molar-refractivity contribution < 1.29 is 14.4 Å². The van der Waals surface area contributed by atoms with E-state index in [0.29, 0.717) is 17.4 Å². The van der Waals surface area contributed by atoms with Crippen LogP contribution in [0, 0.1) is 0 Å². The van der Waals surface area contributed by atoms with E-state index < -0.39 is 11.9 Å². The number of aromatic carboxylic acids is 1. The van der Waals surface area contributed by atoms with Crippen molar-refractivity contribution in [3.8, 4) is 0 Å². The van der Waals surface area contributed by atoms with E-state index in [0.717, 1.165) is 0 Å². The van der Waals surface area contributed by atoms with Gasteiger partial charge in [-0.3, -0.25) is 4.68 Å². The summed E-state index contributed by atoms with van der Waals surface area (Å²) in [6, 6.07) is 0. The molecule has 7 nitrogen and oxygen atoms in total. The summed E-state index contributed by atoms with van der Waals surface area (Å²) in [5, 5.41) is 16.8. The maximum Gasteiger partial charge on any atom is 0.394 e. The van der Waals surface area contributed by atoms with Crippen LogP contribution >= 0.6 is 11.6 Å². The Balaban J connectivity index is 2.08. The first kappa shape index (κ1) is 11.6. The molecule has 0 saturated heterocycles. The highest BCUT2D eigenvalue weighted by Gasteiger charge is 2.18. The Morgan fingerprint density at radius 1 is 1.71 bits per heavy atom. The van der Waals surface area contributed by atoms with Crippen molar-refractivity contribution in [3.63, 3.8) is 0 Å². The molecular formula is C9H9ClN4O3. The first-order chi connectivity index (χ1) is 8.06. The van der Waals surface area contributed by atoms with Gasteiger partial charge in [0.2, 0.25) is 0 Å². The van der Waals surface area contributed by atoms with E-state index in [1.54, 1.807) is 10.9 Å². The maximum atomic E-state index is 10.6. The number of halogens is 1. The number of carboxylic acid groups (broad SMARTS) is 1. The van der Waals surface area contributed by atoms with E-state index in [1.165, 1.54) is 6.20 Å². The topological polar surface area (TPSA) is 94.0 Å². The molecule has 0 unspecified atom stereocenters. The van der Waals surface area contributed by atoms with Gasteiger partial charge in [-0.15, -0.1) is 0 Å². The molecule has 0 aromatic carbocycles. The summed E-state index contributed by atoms with van der Waals surface area (Å²) < 4.78 is 6.20. The zero-order valence-electron chi connectivity index (χ0n) is 8.87. The third kappa shape index (κ3) is 2.62. The number of carboxylic acids is 1. The van der Waals surface area contributed by atoms with Gasteiger partial charge in [0.25, 0.3) is 0 Å². The van der Waals surface area contributed by atoms with E-state index >= 15 is 0 Å². The summed E-state index contributed by atoms with van der Waals surface area (Å²) in [5.74, 6) is -1.44. The van der Waals surface area contributed by atoms with Crippen LogP contribution < -0.4 is 0 Å². The average Bonchev–Trinajstić information content (AvgIpc) is 2.86. The summed E-state index contributed by atoms with van der Waals surface area (Å²) in [6.45, 7) is 2.33. The molecule has 0 radical (unpaired) electrons. The van der Waals surface area contributed by atoms with Crippen LogP contribution in [0.25, 0.3) is 0 Å². The molecule has 0 bridgehead atoms. The highest BCUT2D eigenvalue weighted by Crippen LogP contribution is 2.15. The minimum Gasteiger partial charge on any atom is -0.474 e. The minimum absolute atomic E-state index is 0.122. The maximum absolute atomic E-state index is 10.6. The molecule has 90 valence electrons. The number of rotatable bonds is 4. The Bertz CT molecular complexity index is 536. The van der Waals surface area contributed by atoms with Crippen molar-refractivity contribution in [1.29, 1.82) is 0 Å². The van der Waals surface area contributed by atoms with Gasteiger partial charge in [0, 0.05) is 12.1 Å². The van der Waals surface area contributed by atoms with Crippen molar-refractivity contribution in [2.75, 3.05) is 0 Å². The number of hydrogen-bond donors (Lipinski definition) is 1. The van der Waals surface area contributed by atoms with Crippen LogP contribution in [0.4, 0.5) is 0 Å². The first-order valence-electron chi connectivity index (χ1n) is 4.81. The first-order valence-corrected chi connectivity index (χ1v) is 5.19. The van der Waals surface area contributed by atoms with Crippen LogP contribution in [0.5, 0.6) is 0 Å². The molecule has 17 heavy (non-hydrogen) atoms. The van der Waals surface area contributed by atoms with E-state index in [1.807, 2.05) is 6.92 Å². The van der Waals surface area contributed by atoms with E-state index in [4.69, 9.17) is 16.7 Å². The second kappa shape index (κ2) is 4.54. The fraction of sp³-hybridized carbons (Fsp3) is 0.333. The molecule has 8 heteroatoms. The van der Waals surface area contributed by atoms with Gasteiger partial charge in [0.15, 0.2) is 5.82 Å². The molecule has 0 fully saturated rings. The SMILES string of the molecule is C[C@@H](Cn1cc(Cl)cn1)c1noc(C(=O)O)n1. The Hall–Kier alpha value is -1.89. The molecule has 0 spiro atoms. The smallest absolute Gasteiger partial charge is 0.394 e. The lowest BCUT2D eigenvalue weighted by molar-refractivity contribution is 0.0643. The standard InChI is InChI=1S/C9H9ClN4O3/c1-5(3-14-4-6(10)2-11-14)7-12-8(9(15)16)17-13-7/h2,4-5H,3H2,1H3,(H,15,16)/t5-/m0/s1. The third-order valence-electron chi connectivity index (χ3n) is 2.13. The zero-order chi connectivity index (χ0) is 12.4. The van der Waals surface area contributed by atoms with Gasteiger partial charge in [-0.1, -0.05) is 23.7 Å². The van der Waals surface area contributed by atoms with Crippen molar-refractivity contribution >= 4 is 17.6 Å². The van der Waals surface area contributed by atoms with Gasteiger partial charge < -0.3 is 9.63 Å². The van der Waals surface area contributed by atoms with Gasteiger partial charge in [0.1, 0.15) is 0 Å². The lowest BCUT2D eigenvalue weighted by atomic mass is 10.2. The lowest BCUT2D eigenvalue weighted by Gasteiger charge is -2.05. The fourth-order valence-electron chi connectivity index (χ4n) is 1.32. The number of nitrogens with zero attached hydrogens (tertiary/aromatic N) is 4. The van der Waals surface area contributed by atoms with Crippen molar-refractivity contribution in [3.05, 3.63) is 29.1 Å². The largest absolute Gasteiger partial charge is 0.474 e. The van der Waals surface area contributed by atoms with Crippen LogP contribution in [0.3, 0.4) is 0 Å². The minimum atomic E-state index is -1.24. The lowest BCUT2D eigenvalue weighted by Crippen LogP contribution is -2.08. The zero-order valence-corrected chi connectivity index (χ0v) is 9.63. The summed E-state index contributed by atoms with van der Waals surface area (Å²) in [6.07, 6.45) is 3.18. The highest BCUT2D eigenvalue weighted by atomic mass is 35.5. The average molecular weight is 257 g/mol. The number of aromatic nitrogens is 4. The van der Waals surface area contributed by atoms with Crippen LogP contribution in [0.1, 0.15) is 29.4 Å². The van der Waals surface area contributed by atoms with Crippen molar-refractivity contribution in [1.82, 2.24) is 19.9 Å². The van der Waals surface area contributed by atoms with E-state index in [9.17, 15) is 4.79 Å². The molecule has 2 heterocycles. The molecule has 0 saturated carbocycles. The number of carbonyl (C=O) groups is 1. The molecule has 0 aliphatic rings. The quantitative estimate of drug-likeness (QED) is 0.889. The molecule has 2 rings (SSSR count). The van der Waals surface area contributed by atoms with Crippen molar-refractivity contribution in [2.24, 2.45) is 0 Å². The predicted octanol–water partition coefficient (Wildman–Crippen LogP) is 1.42. The second-order valence-corrected chi connectivity index (χ2v) is 3.98. The molecule has 0 aliphatic carbocycles. The normalized spacial score (nSPS) is 12.6. The Kier molecular flexibility index (Phi) is 3.10. The van der Waals surface area contributed by atoms with Gasteiger partial charge in [-0.2, -0.15) is 10.1 Å². The van der Waals surface area contributed by atoms with Gasteiger partial charge in [0.05, 0.1) is 17.8 Å². The van der Waals surface area contributed by atoms with Crippen LogP contribution in [-0.2, 0) is 6.54 Å². The molecule has 1 atom stereocenters. The Labute approximate surface area is 101 Å². The molecular weight excluding hydrogens is 248 g/mol. The van der Waals surface area contributed by atoms with Crippen LogP contribution in [0.2, 0.25) is 5.02 Å². The van der Waals surface area contributed by atoms with Crippen molar-refractivity contribution in [2.45, 2.75) is 19.4 Å². The highest BCUT2D eigenvalue weighted by molar-refractivity contribution is 6.30. The van der Waals surface area contributed by atoms with Gasteiger partial charge in [-0.25, -0.2) is 4.79 Å². The summed E-state index contributed by atoms with van der Waals surface area (Å²) in [4.78, 5) is 14.3. The van der Waals surface area contributed by atoms with Gasteiger partial charge in [-0.05, 0) is 0 Å². The van der Waals surface area contributed by atoms with E-state index in [2.05, 4.69) is 19.8 Å². The Morgan fingerprint density at radius 3 is 3.00 bits per heavy atom. The summed E-state index contributed by atoms with van der Waals surface area (Å²) in [5.41, 5.74) is 0. The van der Waals surface area contributed by atoms with Crippen LogP contribution in [-0.4, -0.2) is 31.0 Å². The number of hydrogen-bond acceptors (Lipinski definition) is 5. The molecule has 2 aromatic rings. The third-order valence-corrected chi connectivity index (χ3v) is 2.32. The molecule has 1 N–H and O–H groups in total. The molecule has 0 amide bonds. The fourth-order valence-corrected chi connectivity index (χ4v) is 1.48. The van der Waals surface area contributed by atoms with E-state index in [-0.39, 0.29) is 5.92 Å².